The summed E-state index contributed by atoms with van der Waals surface area (Å²) in [6.07, 6.45) is 0. The maximum absolute atomic E-state index is 12.7. The maximum Gasteiger partial charge on any atom is 0.238 e. The fourth-order valence-corrected chi connectivity index (χ4v) is 3.34. The van der Waals surface area contributed by atoms with Crippen molar-refractivity contribution in [2.24, 2.45) is 0 Å². The molecule has 1 aliphatic carbocycles. The molecule has 0 spiro atoms. The van der Waals surface area contributed by atoms with Crippen LogP contribution in [0.3, 0.4) is 0 Å². The van der Waals surface area contributed by atoms with E-state index in [1.54, 1.807) is 42.5 Å². The standard InChI is InChI=1S/C20H18N2O4/c23-18(12-22-7-9-26-10-8-22)21-13-5-6-16-17(11-13)20(25)15-4-2-1-3-14(15)19(16)24/h1-6,11H,7-10,12H2,(H,21,23). The average Bonchev–Trinajstić information content (AvgIpc) is 2.67. The molecule has 1 aliphatic heterocycles. The predicted molar refractivity (Wildman–Crippen MR) is 95.6 cm³/mol. The molecule has 0 unspecified atom stereocenters. The van der Waals surface area contributed by atoms with Gasteiger partial charge in [0, 0.05) is 41.0 Å². The zero-order valence-electron chi connectivity index (χ0n) is 14.2. The van der Waals surface area contributed by atoms with E-state index in [9.17, 15) is 14.4 Å². The number of hydrogen-bond donors (Lipinski definition) is 1. The zero-order valence-corrected chi connectivity index (χ0v) is 14.2. The number of nitrogens with one attached hydrogen (secondary N) is 1. The summed E-state index contributed by atoms with van der Waals surface area (Å²) < 4.78 is 5.27. The summed E-state index contributed by atoms with van der Waals surface area (Å²) in [7, 11) is 0. The highest BCUT2D eigenvalue weighted by Crippen LogP contribution is 2.29. The van der Waals surface area contributed by atoms with Crippen LogP contribution in [0.25, 0.3) is 0 Å². The van der Waals surface area contributed by atoms with Crippen LogP contribution in [0.5, 0.6) is 0 Å². The summed E-state index contributed by atoms with van der Waals surface area (Å²) in [4.78, 5) is 39.6. The molecule has 0 saturated carbocycles. The number of fused-ring (bicyclic) bond motifs is 2. The summed E-state index contributed by atoms with van der Waals surface area (Å²) in [6.45, 7) is 2.98. The van der Waals surface area contributed by atoms with Crippen LogP contribution in [0.2, 0.25) is 0 Å². The summed E-state index contributed by atoms with van der Waals surface area (Å²) in [5, 5.41) is 2.81. The van der Waals surface area contributed by atoms with E-state index in [-0.39, 0.29) is 24.0 Å². The van der Waals surface area contributed by atoms with Crippen LogP contribution in [-0.4, -0.2) is 55.2 Å². The van der Waals surface area contributed by atoms with E-state index in [2.05, 4.69) is 5.32 Å². The van der Waals surface area contributed by atoms with Gasteiger partial charge in [0.05, 0.1) is 19.8 Å². The van der Waals surface area contributed by atoms with Gasteiger partial charge in [-0.25, -0.2) is 0 Å². The fraction of sp³-hybridized carbons (Fsp3) is 0.250. The minimum atomic E-state index is -0.195. The number of benzene rings is 2. The van der Waals surface area contributed by atoms with E-state index < -0.39 is 0 Å². The minimum Gasteiger partial charge on any atom is -0.379 e. The molecule has 1 amide bonds. The zero-order chi connectivity index (χ0) is 18.1. The second-order valence-electron chi connectivity index (χ2n) is 6.40. The third kappa shape index (κ3) is 3.05. The highest BCUT2D eigenvalue weighted by molar-refractivity contribution is 6.28. The number of hydrogen-bond acceptors (Lipinski definition) is 5. The second kappa shape index (κ2) is 6.82. The Labute approximate surface area is 150 Å². The molecule has 2 aromatic rings. The number of rotatable bonds is 3. The number of ether oxygens (including phenoxy) is 1. The minimum absolute atomic E-state index is 0.151. The number of anilines is 1. The van der Waals surface area contributed by atoms with E-state index in [0.29, 0.717) is 41.2 Å². The molecule has 4 rings (SSSR count). The van der Waals surface area contributed by atoms with Gasteiger partial charge in [0.15, 0.2) is 11.6 Å². The van der Waals surface area contributed by atoms with Gasteiger partial charge in [-0.1, -0.05) is 24.3 Å². The summed E-state index contributed by atoms with van der Waals surface area (Å²) in [6, 6.07) is 11.7. The van der Waals surface area contributed by atoms with Gasteiger partial charge in [-0.3, -0.25) is 19.3 Å². The Morgan fingerprint density at radius 3 is 2.23 bits per heavy atom. The van der Waals surface area contributed by atoms with Gasteiger partial charge in [0.2, 0.25) is 5.91 Å². The molecule has 0 bridgehead atoms. The molecule has 0 radical (unpaired) electrons. The molecule has 1 N–H and O–H groups in total. The van der Waals surface area contributed by atoms with Crippen LogP contribution in [0, 0.1) is 0 Å². The fourth-order valence-electron chi connectivity index (χ4n) is 3.34. The van der Waals surface area contributed by atoms with E-state index in [0.717, 1.165) is 13.1 Å². The Morgan fingerprint density at radius 1 is 0.923 bits per heavy atom. The number of morpholine rings is 1. The van der Waals surface area contributed by atoms with Crippen molar-refractivity contribution in [3.05, 3.63) is 64.7 Å². The molecular formula is C20H18N2O4. The largest absolute Gasteiger partial charge is 0.379 e. The van der Waals surface area contributed by atoms with Crippen LogP contribution in [-0.2, 0) is 9.53 Å². The molecule has 1 saturated heterocycles. The van der Waals surface area contributed by atoms with Gasteiger partial charge in [0.25, 0.3) is 0 Å². The van der Waals surface area contributed by atoms with E-state index in [1.165, 1.54) is 0 Å². The van der Waals surface area contributed by atoms with Crippen LogP contribution in [0.15, 0.2) is 42.5 Å². The molecule has 132 valence electrons. The first-order valence-electron chi connectivity index (χ1n) is 8.56. The van der Waals surface area contributed by atoms with Crippen molar-refractivity contribution < 1.29 is 19.1 Å². The van der Waals surface area contributed by atoms with Gasteiger partial charge in [-0.05, 0) is 18.2 Å². The lowest BCUT2D eigenvalue weighted by Gasteiger charge is -2.25. The van der Waals surface area contributed by atoms with Crippen molar-refractivity contribution in [2.75, 3.05) is 38.2 Å². The topological polar surface area (TPSA) is 75.7 Å². The van der Waals surface area contributed by atoms with Crippen LogP contribution < -0.4 is 5.32 Å². The molecule has 6 nitrogen and oxygen atoms in total. The van der Waals surface area contributed by atoms with Crippen molar-refractivity contribution >= 4 is 23.2 Å². The first kappa shape index (κ1) is 16.6. The van der Waals surface area contributed by atoms with Crippen LogP contribution in [0.4, 0.5) is 5.69 Å². The maximum atomic E-state index is 12.7. The highest BCUT2D eigenvalue weighted by atomic mass is 16.5. The summed E-state index contributed by atoms with van der Waals surface area (Å²) in [5.41, 5.74) is 2.05. The van der Waals surface area contributed by atoms with Gasteiger partial charge in [-0.15, -0.1) is 0 Å². The van der Waals surface area contributed by atoms with Crippen LogP contribution in [0.1, 0.15) is 31.8 Å². The molecule has 6 heteroatoms. The normalized spacial score (nSPS) is 16.8. The molecule has 2 aliphatic rings. The first-order chi connectivity index (χ1) is 12.6. The van der Waals surface area contributed by atoms with Crippen molar-refractivity contribution in [1.82, 2.24) is 4.90 Å². The van der Waals surface area contributed by atoms with Gasteiger partial charge in [0.1, 0.15) is 0 Å². The quantitative estimate of drug-likeness (QED) is 0.779. The van der Waals surface area contributed by atoms with Crippen molar-refractivity contribution in [2.45, 2.75) is 0 Å². The summed E-state index contributed by atoms with van der Waals surface area (Å²) >= 11 is 0. The highest BCUT2D eigenvalue weighted by Gasteiger charge is 2.29. The summed E-state index contributed by atoms with van der Waals surface area (Å²) in [5.74, 6) is -0.511. The average molecular weight is 350 g/mol. The SMILES string of the molecule is O=C(CN1CCOCC1)Nc1ccc2c(c1)C(=O)c1ccccc1C2=O. The Bertz CT molecular complexity index is 900. The molecule has 2 aromatic carbocycles. The van der Waals surface area contributed by atoms with Crippen molar-refractivity contribution in [3.63, 3.8) is 0 Å². The Kier molecular flexibility index (Phi) is 4.36. The number of carbonyl (C=O) groups is 3. The van der Waals surface area contributed by atoms with E-state index in [4.69, 9.17) is 4.74 Å². The lowest BCUT2D eigenvalue weighted by molar-refractivity contribution is -0.118. The molecule has 0 atom stereocenters. The van der Waals surface area contributed by atoms with E-state index in [1.807, 2.05) is 4.90 Å². The first-order valence-corrected chi connectivity index (χ1v) is 8.56. The van der Waals surface area contributed by atoms with Crippen molar-refractivity contribution in [1.29, 1.82) is 0 Å². The Morgan fingerprint density at radius 2 is 1.54 bits per heavy atom. The van der Waals surface area contributed by atoms with Crippen LogP contribution >= 0.6 is 0 Å². The molecule has 26 heavy (non-hydrogen) atoms. The number of amides is 1. The molecule has 1 fully saturated rings. The predicted octanol–water partition coefficient (Wildman–Crippen LogP) is 1.73. The van der Waals surface area contributed by atoms with Gasteiger partial charge >= 0.3 is 0 Å². The Balaban J connectivity index is 1.54. The van der Waals surface area contributed by atoms with Gasteiger partial charge in [-0.2, -0.15) is 0 Å². The Hall–Kier alpha value is -2.83. The molecular weight excluding hydrogens is 332 g/mol. The lowest BCUT2D eigenvalue weighted by Crippen LogP contribution is -2.41. The second-order valence-corrected chi connectivity index (χ2v) is 6.40. The molecule has 1 heterocycles. The third-order valence-corrected chi connectivity index (χ3v) is 4.68. The monoisotopic (exact) mass is 350 g/mol. The van der Waals surface area contributed by atoms with Crippen molar-refractivity contribution in [3.8, 4) is 0 Å². The third-order valence-electron chi connectivity index (χ3n) is 4.68. The molecule has 0 aromatic heterocycles. The number of nitrogens with zero attached hydrogens (tertiary/aromatic N) is 1. The number of ketones is 2. The number of carbonyl (C=O) groups excluding carboxylic acids is 3. The van der Waals surface area contributed by atoms with E-state index >= 15 is 0 Å². The lowest BCUT2D eigenvalue weighted by atomic mass is 9.84. The van der Waals surface area contributed by atoms with Gasteiger partial charge < -0.3 is 10.1 Å². The smallest absolute Gasteiger partial charge is 0.238 e.